The van der Waals surface area contributed by atoms with Gasteiger partial charge in [-0.1, -0.05) is 6.07 Å². The summed E-state index contributed by atoms with van der Waals surface area (Å²) in [5.74, 6) is 0.327. The highest BCUT2D eigenvalue weighted by Crippen LogP contribution is 2.25. The van der Waals surface area contributed by atoms with Gasteiger partial charge in [-0.3, -0.25) is 9.89 Å². The van der Waals surface area contributed by atoms with Crippen LogP contribution >= 0.6 is 24.0 Å². The van der Waals surface area contributed by atoms with Gasteiger partial charge in [-0.05, 0) is 24.6 Å². The Morgan fingerprint density at radius 2 is 1.77 bits per heavy atom. The second-order valence-corrected chi connectivity index (χ2v) is 7.53. The number of rotatable bonds is 4. The van der Waals surface area contributed by atoms with Crippen molar-refractivity contribution in [3.05, 3.63) is 29.6 Å². The summed E-state index contributed by atoms with van der Waals surface area (Å²) in [5.41, 5.74) is 1.34. The van der Waals surface area contributed by atoms with Crippen LogP contribution in [0.15, 0.2) is 23.2 Å². The minimum atomic E-state index is -4.22. The van der Waals surface area contributed by atoms with Crippen molar-refractivity contribution in [1.29, 1.82) is 0 Å². The lowest BCUT2D eigenvalue weighted by atomic mass is 10.1. The predicted octanol–water partition coefficient (Wildman–Crippen LogP) is 2.92. The Labute approximate surface area is 197 Å². The summed E-state index contributed by atoms with van der Waals surface area (Å²) in [4.78, 5) is 9.57. The first-order chi connectivity index (χ1) is 14.3. The van der Waals surface area contributed by atoms with Gasteiger partial charge < -0.3 is 19.9 Å². The average Bonchev–Trinajstić information content (AvgIpc) is 2.74. The molecule has 0 radical (unpaired) electrons. The summed E-state index contributed by atoms with van der Waals surface area (Å²) < 4.78 is 58.6. The Morgan fingerprint density at radius 1 is 1.13 bits per heavy atom. The van der Waals surface area contributed by atoms with E-state index >= 15 is 0 Å². The zero-order chi connectivity index (χ0) is 21.7. The molecule has 31 heavy (non-hydrogen) atoms. The molecule has 2 saturated heterocycles. The van der Waals surface area contributed by atoms with Crippen LogP contribution in [0.3, 0.4) is 0 Å². The smallest absolute Gasteiger partial charge is 0.378 e. The van der Waals surface area contributed by atoms with E-state index in [0.29, 0.717) is 70.7 Å². The Kier molecular flexibility index (Phi) is 9.62. The van der Waals surface area contributed by atoms with Crippen molar-refractivity contribution >= 4 is 35.6 Å². The van der Waals surface area contributed by atoms with Crippen molar-refractivity contribution in [1.82, 2.24) is 15.1 Å². The average molecular weight is 559 g/mol. The van der Waals surface area contributed by atoms with Crippen molar-refractivity contribution in [3.8, 4) is 0 Å². The molecule has 6 nitrogen and oxygen atoms in total. The quantitative estimate of drug-likeness (QED) is 0.266. The number of ether oxygens (including phenoxy) is 1. The molecule has 11 heteroatoms. The molecule has 1 atom stereocenters. The number of piperazine rings is 1. The van der Waals surface area contributed by atoms with Crippen molar-refractivity contribution in [3.63, 3.8) is 0 Å². The van der Waals surface area contributed by atoms with Gasteiger partial charge in [0.15, 0.2) is 5.96 Å². The van der Waals surface area contributed by atoms with Gasteiger partial charge in [0.25, 0.3) is 0 Å². The number of alkyl halides is 3. The van der Waals surface area contributed by atoms with Crippen LogP contribution in [0.5, 0.6) is 0 Å². The van der Waals surface area contributed by atoms with Gasteiger partial charge in [-0.15, -0.1) is 24.0 Å². The largest absolute Gasteiger partial charge is 0.403 e. The van der Waals surface area contributed by atoms with Crippen LogP contribution in [0.1, 0.15) is 12.5 Å². The van der Waals surface area contributed by atoms with Crippen LogP contribution in [0.25, 0.3) is 0 Å². The molecule has 0 spiro atoms. The number of hydrogen-bond acceptors (Lipinski definition) is 4. The zero-order valence-corrected chi connectivity index (χ0v) is 20.1. The fourth-order valence-electron chi connectivity index (χ4n) is 3.76. The second-order valence-electron chi connectivity index (χ2n) is 7.53. The third kappa shape index (κ3) is 6.82. The number of benzene rings is 1. The molecule has 2 aliphatic heterocycles. The van der Waals surface area contributed by atoms with Gasteiger partial charge in [-0.25, -0.2) is 4.39 Å². The highest BCUT2D eigenvalue weighted by molar-refractivity contribution is 14.0. The molecular weight excluding hydrogens is 529 g/mol. The molecule has 2 heterocycles. The maximum atomic E-state index is 14.6. The Morgan fingerprint density at radius 3 is 2.32 bits per heavy atom. The van der Waals surface area contributed by atoms with Crippen LogP contribution in [-0.4, -0.2) is 87.5 Å². The monoisotopic (exact) mass is 559 g/mol. The van der Waals surface area contributed by atoms with E-state index in [2.05, 4.69) is 10.3 Å². The number of anilines is 1. The highest BCUT2D eigenvalue weighted by atomic mass is 127. The Balaban J connectivity index is 0.00000341. The van der Waals surface area contributed by atoms with E-state index in [9.17, 15) is 17.6 Å². The fraction of sp³-hybridized carbons (Fsp3) is 0.650. The number of halogens is 5. The van der Waals surface area contributed by atoms with E-state index in [1.54, 1.807) is 13.1 Å². The number of morpholine rings is 1. The predicted molar refractivity (Wildman–Crippen MR) is 124 cm³/mol. The molecule has 0 bridgehead atoms. The van der Waals surface area contributed by atoms with Crippen molar-refractivity contribution in [2.75, 3.05) is 64.4 Å². The summed E-state index contributed by atoms with van der Waals surface area (Å²) in [7, 11) is 1.63. The summed E-state index contributed by atoms with van der Waals surface area (Å²) in [6.07, 6.45) is -4.22. The van der Waals surface area contributed by atoms with Gasteiger partial charge >= 0.3 is 6.18 Å². The van der Waals surface area contributed by atoms with Crippen molar-refractivity contribution in [2.24, 2.45) is 4.99 Å². The molecular formula is C20H30F4IN5O. The third-order valence-corrected chi connectivity index (χ3v) is 5.66. The molecule has 1 unspecified atom stereocenters. The SMILES string of the molecule is CN=C(NCc1ccc(N2CCOCC2)c(F)c1)N1CCN(C(C)C(F)(F)F)CC1.I. The van der Waals surface area contributed by atoms with E-state index in [1.807, 2.05) is 15.9 Å². The molecule has 176 valence electrons. The van der Waals surface area contributed by atoms with Gasteiger partial charge in [0.05, 0.1) is 18.9 Å². The minimum absolute atomic E-state index is 0. The fourth-order valence-corrected chi connectivity index (χ4v) is 3.76. The van der Waals surface area contributed by atoms with E-state index in [0.717, 1.165) is 5.56 Å². The molecule has 0 amide bonds. The summed E-state index contributed by atoms with van der Waals surface area (Å²) >= 11 is 0. The van der Waals surface area contributed by atoms with Crippen LogP contribution in [0.2, 0.25) is 0 Å². The normalized spacial score (nSPS) is 19.7. The highest BCUT2D eigenvalue weighted by Gasteiger charge is 2.41. The number of aliphatic imine (C=N–C) groups is 1. The Bertz CT molecular complexity index is 735. The second kappa shape index (κ2) is 11.5. The molecule has 2 fully saturated rings. The number of nitrogens with zero attached hydrogens (tertiary/aromatic N) is 4. The van der Waals surface area contributed by atoms with E-state index in [1.165, 1.54) is 17.9 Å². The van der Waals surface area contributed by atoms with Crippen LogP contribution in [0, 0.1) is 5.82 Å². The molecule has 0 saturated carbocycles. The first kappa shape index (κ1) is 25.9. The van der Waals surface area contributed by atoms with E-state index in [4.69, 9.17) is 4.74 Å². The van der Waals surface area contributed by atoms with Gasteiger partial charge in [0.2, 0.25) is 0 Å². The standard InChI is InChI=1S/C20H29F4N5O.HI/c1-15(20(22,23)24)27-5-7-29(8-6-27)19(25-2)26-14-16-3-4-18(17(21)13-16)28-9-11-30-12-10-28;/h3-4,13,15H,5-12,14H2,1-2H3,(H,25,26);1H. The molecule has 0 aliphatic carbocycles. The lowest BCUT2D eigenvalue weighted by Crippen LogP contribution is -2.56. The van der Waals surface area contributed by atoms with Crippen LogP contribution < -0.4 is 10.2 Å². The van der Waals surface area contributed by atoms with Crippen molar-refractivity contribution in [2.45, 2.75) is 25.7 Å². The summed E-state index contributed by atoms with van der Waals surface area (Å²) in [6, 6.07) is 3.70. The van der Waals surface area contributed by atoms with Gasteiger partial charge in [-0.2, -0.15) is 13.2 Å². The minimum Gasteiger partial charge on any atom is -0.378 e. The number of nitrogens with one attached hydrogen (secondary N) is 1. The number of guanidine groups is 1. The Hall–Kier alpha value is -1.34. The molecule has 1 aromatic rings. The molecule has 3 rings (SSSR count). The van der Waals surface area contributed by atoms with E-state index < -0.39 is 12.2 Å². The molecule has 1 N–H and O–H groups in total. The first-order valence-corrected chi connectivity index (χ1v) is 10.2. The molecule has 2 aliphatic rings. The van der Waals surface area contributed by atoms with E-state index in [-0.39, 0.29) is 29.8 Å². The number of hydrogen-bond donors (Lipinski definition) is 1. The summed E-state index contributed by atoms with van der Waals surface area (Å²) in [5, 5.41) is 3.19. The maximum absolute atomic E-state index is 14.6. The van der Waals surface area contributed by atoms with Crippen LogP contribution in [0.4, 0.5) is 23.2 Å². The maximum Gasteiger partial charge on any atom is 0.403 e. The van der Waals surface area contributed by atoms with Crippen molar-refractivity contribution < 1.29 is 22.3 Å². The molecule has 1 aromatic carbocycles. The lowest BCUT2D eigenvalue weighted by molar-refractivity contribution is -0.181. The topological polar surface area (TPSA) is 43.3 Å². The summed E-state index contributed by atoms with van der Waals surface area (Å²) in [6.45, 7) is 5.61. The van der Waals surface area contributed by atoms with Gasteiger partial charge in [0, 0.05) is 52.9 Å². The zero-order valence-electron chi connectivity index (χ0n) is 17.8. The third-order valence-electron chi connectivity index (χ3n) is 5.66. The molecule has 0 aromatic heterocycles. The van der Waals surface area contributed by atoms with Crippen LogP contribution in [-0.2, 0) is 11.3 Å². The first-order valence-electron chi connectivity index (χ1n) is 10.2. The lowest BCUT2D eigenvalue weighted by Gasteiger charge is -2.39. The van der Waals surface area contributed by atoms with Gasteiger partial charge in [0.1, 0.15) is 11.9 Å².